The van der Waals surface area contributed by atoms with Crippen molar-refractivity contribution in [1.82, 2.24) is 15.0 Å². The van der Waals surface area contributed by atoms with Crippen molar-refractivity contribution >= 4 is 11.6 Å². The van der Waals surface area contributed by atoms with Crippen LogP contribution in [0.25, 0.3) is 0 Å². The Bertz CT molecular complexity index is 471. The molecule has 0 bridgehead atoms. The Morgan fingerprint density at radius 3 is 2.65 bits per heavy atom. The van der Waals surface area contributed by atoms with E-state index in [1.54, 1.807) is 24.8 Å². The lowest BCUT2D eigenvalue weighted by atomic mass is 10.2. The standard InChI is InChI=1S/C12H15N5/c1-13-11-7-15-8-12(16-11)17(2)9-10-3-5-14-6-4-10/h3-8H,9H2,1-2H3,(H,13,16). The summed E-state index contributed by atoms with van der Waals surface area (Å²) in [5.74, 6) is 1.61. The smallest absolute Gasteiger partial charge is 0.149 e. The monoisotopic (exact) mass is 229 g/mol. The maximum absolute atomic E-state index is 4.42. The lowest BCUT2D eigenvalue weighted by molar-refractivity contribution is 0.888. The highest BCUT2D eigenvalue weighted by atomic mass is 15.2. The van der Waals surface area contributed by atoms with Crippen molar-refractivity contribution in [3.8, 4) is 0 Å². The van der Waals surface area contributed by atoms with Crippen LogP contribution < -0.4 is 10.2 Å². The first-order valence-electron chi connectivity index (χ1n) is 5.39. The van der Waals surface area contributed by atoms with E-state index in [1.165, 1.54) is 5.56 Å². The zero-order valence-electron chi connectivity index (χ0n) is 9.96. The molecule has 0 aromatic carbocycles. The van der Waals surface area contributed by atoms with Gasteiger partial charge in [-0.15, -0.1) is 0 Å². The van der Waals surface area contributed by atoms with E-state index >= 15 is 0 Å². The summed E-state index contributed by atoms with van der Waals surface area (Å²) in [5, 5.41) is 2.98. The van der Waals surface area contributed by atoms with Gasteiger partial charge in [0.05, 0.1) is 12.4 Å². The van der Waals surface area contributed by atoms with Gasteiger partial charge in [0.1, 0.15) is 11.6 Å². The van der Waals surface area contributed by atoms with Gasteiger partial charge in [-0.2, -0.15) is 0 Å². The molecule has 0 atom stereocenters. The molecule has 88 valence electrons. The summed E-state index contributed by atoms with van der Waals surface area (Å²) >= 11 is 0. The summed E-state index contributed by atoms with van der Waals surface area (Å²) in [6.45, 7) is 0.782. The van der Waals surface area contributed by atoms with E-state index in [-0.39, 0.29) is 0 Å². The van der Waals surface area contributed by atoms with E-state index in [0.29, 0.717) is 0 Å². The fourth-order valence-corrected chi connectivity index (χ4v) is 1.50. The Morgan fingerprint density at radius 1 is 1.18 bits per heavy atom. The lowest BCUT2D eigenvalue weighted by Crippen LogP contribution is -2.18. The maximum Gasteiger partial charge on any atom is 0.149 e. The molecule has 0 saturated heterocycles. The molecule has 5 heteroatoms. The fraction of sp³-hybridized carbons (Fsp3) is 0.250. The zero-order chi connectivity index (χ0) is 12.1. The van der Waals surface area contributed by atoms with Gasteiger partial charge in [-0.3, -0.25) is 9.97 Å². The number of aromatic nitrogens is 3. The quantitative estimate of drug-likeness (QED) is 0.862. The molecule has 2 heterocycles. The van der Waals surface area contributed by atoms with Crippen molar-refractivity contribution in [2.24, 2.45) is 0 Å². The topological polar surface area (TPSA) is 53.9 Å². The summed E-state index contributed by atoms with van der Waals surface area (Å²) in [6.07, 6.45) is 7.03. The van der Waals surface area contributed by atoms with E-state index in [9.17, 15) is 0 Å². The number of anilines is 2. The number of nitrogens with one attached hydrogen (secondary N) is 1. The molecule has 0 radical (unpaired) electrons. The number of pyridine rings is 1. The molecule has 0 aliphatic carbocycles. The molecule has 0 spiro atoms. The molecule has 0 saturated carbocycles. The number of nitrogens with zero attached hydrogens (tertiary/aromatic N) is 4. The third-order valence-corrected chi connectivity index (χ3v) is 2.44. The van der Waals surface area contributed by atoms with Gasteiger partial charge in [0.15, 0.2) is 0 Å². The second-order valence-electron chi connectivity index (χ2n) is 3.72. The molecule has 0 unspecified atom stereocenters. The summed E-state index contributed by atoms with van der Waals surface area (Å²) in [4.78, 5) is 14.6. The van der Waals surface area contributed by atoms with Gasteiger partial charge in [-0.25, -0.2) is 4.98 Å². The molecule has 0 aliphatic rings. The highest BCUT2D eigenvalue weighted by Gasteiger charge is 2.04. The van der Waals surface area contributed by atoms with Gasteiger partial charge in [0.25, 0.3) is 0 Å². The average molecular weight is 229 g/mol. The van der Waals surface area contributed by atoms with Gasteiger partial charge in [-0.05, 0) is 17.7 Å². The largest absolute Gasteiger partial charge is 0.372 e. The van der Waals surface area contributed by atoms with Crippen molar-refractivity contribution in [3.63, 3.8) is 0 Å². The molecule has 0 aliphatic heterocycles. The molecule has 2 rings (SSSR count). The van der Waals surface area contributed by atoms with Crippen molar-refractivity contribution < 1.29 is 0 Å². The fourth-order valence-electron chi connectivity index (χ4n) is 1.50. The van der Waals surface area contributed by atoms with Crippen LogP contribution >= 0.6 is 0 Å². The molecule has 5 nitrogen and oxygen atoms in total. The molecule has 2 aromatic rings. The van der Waals surface area contributed by atoms with Gasteiger partial charge < -0.3 is 10.2 Å². The third kappa shape index (κ3) is 2.90. The number of hydrogen-bond donors (Lipinski definition) is 1. The predicted molar refractivity (Wildman–Crippen MR) is 67.9 cm³/mol. The van der Waals surface area contributed by atoms with Crippen molar-refractivity contribution in [3.05, 3.63) is 42.5 Å². The second kappa shape index (κ2) is 5.25. The van der Waals surface area contributed by atoms with E-state index < -0.39 is 0 Å². The van der Waals surface area contributed by atoms with Crippen LogP contribution in [0.5, 0.6) is 0 Å². The highest BCUT2D eigenvalue weighted by Crippen LogP contribution is 2.13. The van der Waals surface area contributed by atoms with Gasteiger partial charge in [0.2, 0.25) is 0 Å². The predicted octanol–water partition coefficient (Wildman–Crippen LogP) is 1.55. The van der Waals surface area contributed by atoms with Crippen LogP contribution in [-0.4, -0.2) is 29.0 Å². The summed E-state index contributed by atoms with van der Waals surface area (Å²) in [7, 11) is 3.82. The SMILES string of the molecule is CNc1cncc(N(C)Cc2ccncc2)n1. The van der Waals surface area contributed by atoms with Crippen LogP contribution in [0.2, 0.25) is 0 Å². The average Bonchev–Trinajstić information content (AvgIpc) is 2.40. The summed E-state index contributed by atoms with van der Waals surface area (Å²) < 4.78 is 0. The Morgan fingerprint density at radius 2 is 1.94 bits per heavy atom. The highest BCUT2D eigenvalue weighted by molar-refractivity contribution is 5.43. The van der Waals surface area contributed by atoms with E-state index in [4.69, 9.17) is 0 Å². The lowest BCUT2D eigenvalue weighted by Gasteiger charge is -2.18. The minimum absolute atomic E-state index is 0.768. The van der Waals surface area contributed by atoms with Gasteiger partial charge in [0, 0.05) is 33.0 Å². The number of hydrogen-bond acceptors (Lipinski definition) is 5. The zero-order valence-corrected chi connectivity index (χ0v) is 9.96. The normalized spacial score (nSPS) is 10.0. The molecule has 0 fully saturated rings. The van der Waals surface area contributed by atoms with Crippen LogP contribution in [0.1, 0.15) is 5.56 Å². The van der Waals surface area contributed by atoms with E-state index in [0.717, 1.165) is 18.2 Å². The second-order valence-corrected chi connectivity index (χ2v) is 3.72. The van der Waals surface area contributed by atoms with Crippen molar-refractivity contribution in [2.45, 2.75) is 6.54 Å². The van der Waals surface area contributed by atoms with Gasteiger partial charge >= 0.3 is 0 Å². The van der Waals surface area contributed by atoms with Crippen LogP contribution in [0.3, 0.4) is 0 Å². The first-order valence-corrected chi connectivity index (χ1v) is 5.39. The number of rotatable bonds is 4. The molecule has 17 heavy (non-hydrogen) atoms. The molecule has 2 aromatic heterocycles. The molecular weight excluding hydrogens is 214 g/mol. The van der Waals surface area contributed by atoms with E-state index in [1.807, 2.05) is 31.1 Å². The Kier molecular flexibility index (Phi) is 3.49. The minimum Gasteiger partial charge on any atom is -0.372 e. The Hall–Kier alpha value is -2.17. The Labute approximate surface area is 101 Å². The Balaban J connectivity index is 2.11. The van der Waals surface area contributed by atoms with Crippen LogP contribution in [0, 0.1) is 0 Å². The first kappa shape index (κ1) is 11.3. The van der Waals surface area contributed by atoms with Crippen molar-refractivity contribution in [2.75, 3.05) is 24.3 Å². The van der Waals surface area contributed by atoms with Gasteiger partial charge in [-0.1, -0.05) is 0 Å². The molecule has 1 N–H and O–H groups in total. The van der Waals surface area contributed by atoms with E-state index in [2.05, 4.69) is 20.3 Å². The van der Waals surface area contributed by atoms with Crippen molar-refractivity contribution in [1.29, 1.82) is 0 Å². The van der Waals surface area contributed by atoms with Crippen LogP contribution in [0.15, 0.2) is 36.9 Å². The first-order chi connectivity index (χ1) is 8.29. The summed E-state index contributed by atoms with van der Waals surface area (Å²) in [5.41, 5.74) is 1.19. The molecule has 0 amide bonds. The summed E-state index contributed by atoms with van der Waals surface area (Å²) in [6, 6.07) is 3.98. The van der Waals surface area contributed by atoms with Crippen LogP contribution in [-0.2, 0) is 6.54 Å². The molecular formula is C12H15N5. The van der Waals surface area contributed by atoms with Crippen LogP contribution in [0.4, 0.5) is 11.6 Å². The minimum atomic E-state index is 0.768. The third-order valence-electron chi connectivity index (χ3n) is 2.44. The maximum atomic E-state index is 4.42.